The topological polar surface area (TPSA) is 57.2 Å². The van der Waals surface area contributed by atoms with Gasteiger partial charge in [0.25, 0.3) is 5.79 Å². The van der Waals surface area contributed by atoms with Crippen LogP contribution in [0.1, 0.15) is 35.7 Å². The molecule has 1 aromatic rings. The molecule has 0 bridgehead atoms. The molecule has 4 rings (SSSR count). The van der Waals surface area contributed by atoms with E-state index in [0.29, 0.717) is 33.6 Å². The number of nitrogens with zero attached hydrogens (tertiary/aromatic N) is 1. The average molecular weight is 396 g/mol. The molecular weight excluding hydrogens is 370 g/mol. The van der Waals surface area contributed by atoms with E-state index >= 15 is 0 Å². The molecule has 7 heteroatoms. The van der Waals surface area contributed by atoms with Crippen molar-refractivity contribution < 1.29 is 23.7 Å². The number of ether oxygens (including phenoxy) is 4. The van der Waals surface area contributed by atoms with Gasteiger partial charge in [0, 0.05) is 30.9 Å². The zero-order valence-electron chi connectivity index (χ0n) is 16.0. The molecule has 0 aliphatic carbocycles. The normalized spacial score (nSPS) is 26.1. The Kier molecular flexibility index (Phi) is 4.99. The molecule has 0 aromatic heterocycles. The van der Waals surface area contributed by atoms with Crippen LogP contribution in [0.5, 0.6) is 11.5 Å². The van der Waals surface area contributed by atoms with Crippen molar-refractivity contribution in [3.63, 3.8) is 0 Å². The molecule has 0 amide bonds. The molecule has 27 heavy (non-hydrogen) atoms. The van der Waals surface area contributed by atoms with Crippen LogP contribution in [0.4, 0.5) is 0 Å². The molecule has 0 saturated carbocycles. The Morgan fingerprint density at radius 1 is 1.30 bits per heavy atom. The molecule has 3 aliphatic rings. The average Bonchev–Trinajstić information content (AvgIpc) is 3.01. The highest BCUT2D eigenvalue weighted by molar-refractivity contribution is 6.32. The number of hydrogen-bond acceptors (Lipinski definition) is 6. The van der Waals surface area contributed by atoms with Gasteiger partial charge in [-0.15, -0.1) is 0 Å². The lowest BCUT2D eigenvalue weighted by Crippen LogP contribution is -2.50. The third kappa shape index (κ3) is 3.39. The van der Waals surface area contributed by atoms with Gasteiger partial charge in [0.15, 0.2) is 11.5 Å². The zero-order chi connectivity index (χ0) is 19.2. The van der Waals surface area contributed by atoms with Crippen LogP contribution in [0, 0.1) is 18.8 Å². The Morgan fingerprint density at radius 3 is 2.56 bits per heavy atom. The maximum absolute atomic E-state index is 12.0. The minimum Gasteiger partial charge on any atom is -0.465 e. The van der Waals surface area contributed by atoms with Crippen LogP contribution >= 0.6 is 11.6 Å². The van der Waals surface area contributed by atoms with E-state index in [0.717, 1.165) is 45.7 Å². The van der Waals surface area contributed by atoms with Crippen LogP contribution < -0.4 is 9.47 Å². The molecule has 1 aromatic carbocycles. The van der Waals surface area contributed by atoms with Crippen molar-refractivity contribution >= 4 is 17.6 Å². The van der Waals surface area contributed by atoms with Gasteiger partial charge in [-0.3, -0.25) is 0 Å². The molecule has 3 heterocycles. The van der Waals surface area contributed by atoms with E-state index in [2.05, 4.69) is 4.90 Å². The minimum absolute atomic E-state index is 0.260. The fourth-order valence-electron chi connectivity index (χ4n) is 4.23. The Labute approximate surface area is 164 Å². The van der Waals surface area contributed by atoms with E-state index in [1.165, 1.54) is 7.11 Å². The third-order valence-corrected chi connectivity index (χ3v) is 6.29. The predicted molar refractivity (Wildman–Crippen MR) is 101 cm³/mol. The van der Waals surface area contributed by atoms with Crippen molar-refractivity contribution in [1.82, 2.24) is 4.90 Å². The summed E-state index contributed by atoms with van der Waals surface area (Å²) in [5, 5.41) is 0.377. The first-order valence-corrected chi connectivity index (χ1v) is 9.88. The number of carbonyl (C=O) groups is 1. The zero-order valence-corrected chi connectivity index (χ0v) is 16.8. The quantitative estimate of drug-likeness (QED) is 0.729. The van der Waals surface area contributed by atoms with Crippen LogP contribution in [-0.4, -0.2) is 56.6 Å². The van der Waals surface area contributed by atoms with Crippen LogP contribution in [0.25, 0.3) is 0 Å². The Bertz CT molecular complexity index is 742. The second kappa shape index (κ2) is 7.15. The summed E-state index contributed by atoms with van der Waals surface area (Å²) in [6, 6.07) is 1.60. The fraction of sp³-hybridized carbons (Fsp3) is 0.650. The van der Waals surface area contributed by atoms with E-state index < -0.39 is 11.8 Å². The summed E-state index contributed by atoms with van der Waals surface area (Å²) in [7, 11) is 1.36. The summed E-state index contributed by atoms with van der Waals surface area (Å²) in [6.07, 6.45) is 2.00. The van der Waals surface area contributed by atoms with Crippen molar-refractivity contribution in [2.45, 2.75) is 32.5 Å². The minimum atomic E-state index is -0.767. The SMILES string of the molecule is COC(=O)c1cc(Cl)c2c(c1C)OC(C)(C1CCN(CC3COC3)CC1)O2. The summed E-state index contributed by atoms with van der Waals surface area (Å²) in [5.74, 6) is 0.826. The van der Waals surface area contributed by atoms with Gasteiger partial charge in [0.05, 0.1) is 30.9 Å². The Morgan fingerprint density at radius 2 is 1.96 bits per heavy atom. The number of piperidine rings is 1. The first-order chi connectivity index (χ1) is 12.9. The van der Waals surface area contributed by atoms with Crippen molar-refractivity contribution in [2.75, 3.05) is 40.0 Å². The summed E-state index contributed by atoms with van der Waals surface area (Å²) < 4.78 is 22.6. The summed E-state index contributed by atoms with van der Waals surface area (Å²) in [4.78, 5) is 14.5. The molecule has 0 radical (unpaired) electrons. The van der Waals surface area contributed by atoms with Crippen LogP contribution in [-0.2, 0) is 9.47 Å². The molecule has 148 valence electrons. The highest BCUT2D eigenvalue weighted by atomic mass is 35.5. The number of esters is 1. The number of likely N-dealkylation sites (tertiary alicyclic amines) is 1. The molecule has 3 aliphatic heterocycles. The smallest absolute Gasteiger partial charge is 0.338 e. The highest BCUT2D eigenvalue weighted by Crippen LogP contribution is 2.51. The van der Waals surface area contributed by atoms with Gasteiger partial charge < -0.3 is 23.8 Å². The molecule has 0 spiro atoms. The molecule has 2 saturated heterocycles. The van der Waals surface area contributed by atoms with Gasteiger partial charge >= 0.3 is 5.97 Å². The first-order valence-electron chi connectivity index (χ1n) is 9.51. The largest absolute Gasteiger partial charge is 0.465 e. The standard InChI is InChI=1S/C20H26ClNO5/c1-12-15(19(23)24-3)8-16(21)18-17(12)26-20(2,27-18)14-4-6-22(7-5-14)9-13-10-25-11-13/h8,13-14H,4-7,9-11H2,1-3H3. The van der Waals surface area contributed by atoms with Gasteiger partial charge in [0.1, 0.15) is 0 Å². The molecule has 1 atom stereocenters. The molecular formula is C20H26ClNO5. The molecule has 2 fully saturated rings. The van der Waals surface area contributed by atoms with E-state index in [-0.39, 0.29) is 5.92 Å². The van der Waals surface area contributed by atoms with Crippen LogP contribution in [0.3, 0.4) is 0 Å². The number of hydrogen-bond donors (Lipinski definition) is 0. The summed E-state index contributed by atoms with van der Waals surface area (Å²) >= 11 is 6.38. The van der Waals surface area contributed by atoms with Gasteiger partial charge in [-0.05, 0) is 38.9 Å². The lowest BCUT2D eigenvalue weighted by Gasteiger charge is -2.40. The van der Waals surface area contributed by atoms with E-state index in [1.54, 1.807) is 6.07 Å². The van der Waals surface area contributed by atoms with E-state index in [4.69, 9.17) is 30.5 Å². The summed E-state index contributed by atoms with van der Waals surface area (Å²) in [6.45, 7) is 8.75. The first kappa shape index (κ1) is 18.8. The lowest BCUT2D eigenvalue weighted by atomic mass is 9.88. The van der Waals surface area contributed by atoms with Crippen molar-refractivity contribution in [3.8, 4) is 11.5 Å². The number of rotatable bonds is 4. The van der Waals surface area contributed by atoms with Crippen molar-refractivity contribution in [3.05, 3.63) is 22.2 Å². The maximum atomic E-state index is 12.0. The number of fused-ring (bicyclic) bond motifs is 1. The molecule has 1 unspecified atom stereocenters. The molecule has 0 N–H and O–H groups in total. The van der Waals surface area contributed by atoms with Gasteiger partial charge in [-0.2, -0.15) is 0 Å². The van der Waals surface area contributed by atoms with Gasteiger partial charge in [-0.1, -0.05) is 11.6 Å². The van der Waals surface area contributed by atoms with Gasteiger partial charge in [-0.25, -0.2) is 4.79 Å². The van der Waals surface area contributed by atoms with E-state index in [1.807, 2.05) is 13.8 Å². The summed E-state index contributed by atoms with van der Waals surface area (Å²) in [5.41, 5.74) is 1.11. The van der Waals surface area contributed by atoms with Crippen LogP contribution in [0.2, 0.25) is 5.02 Å². The number of benzene rings is 1. The van der Waals surface area contributed by atoms with E-state index in [9.17, 15) is 4.79 Å². The van der Waals surface area contributed by atoms with Crippen LogP contribution in [0.15, 0.2) is 6.07 Å². The second-order valence-corrected chi connectivity index (χ2v) is 8.29. The predicted octanol–water partition coefficient (Wildman–Crippen LogP) is 3.28. The second-order valence-electron chi connectivity index (χ2n) is 7.88. The highest BCUT2D eigenvalue weighted by Gasteiger charge is 2.47. The Balaban J connectivity index is 1.47. The lowest BCUT2D eigenvalue weighted by molar-refractivity contribution is -0.128. The van der Waals surface area contributed by atoms with Crippen molar-refractivity contribution in [2.24, 2.45) is 11.8 Å². The van der Waals surface area contributed by atoms with Gasteiger partial charge in [0.2, 0.25) is 0 Å². The Hall–Kier alpha value is -1.50. The third-order valence-electron chi connectivity index (χ3n) is 6.01. The maximum Gasteiger partial charge on any atom is 0.338 e. The monoisotopic (exact) mass is 395 g/mol. The number of methoxy groups -OCH3 is 1. The number of carbonyl (C=O) groups excluding carboxylic acids is 1. The van der Waals surface area contributed by atoms with Crippen molar-refractivity contribution in [1.29, 1.82) is 0 Å². The fourth-order valence-corrected chi connectivity index (χ4v) is 4.46. The number of halogens is 1. The molecule has 6 nitrogen and oxygen atoms in total.